The molecule has 150 valence electrons. The van der Waals surface area contributed by atoms with Crippen molar-refractivity contribution in [2.75, 3.05) is 5.32 Å². The van der Waals surface area contributed by atoms with Crippen molar-refractivity contribution in [3.05, 3.63) is 81.8 Å². The Hall–Kier alpha value is -2.99. The highest BCUT2D eigenvalue weighted by Gasteiger charge is 2.20. The lowest BCUT2D eigenvalue weighted by molar-refractivity contribution is -0.147. The van der Waals surface area contributed by atoms with Gasteiger partial charge in [-0.1, -0.05) is 55.0 Å². The van der Waals surface area contributed by atoms with Gasteiger partial charge in [-0.25, -0.2) is 4.98 Å². The quantitative estimate of drug-likeness (QED) is 0.540. The second-order valence-electron chi connectivity index (χ2n) is 6.80. The second-order valence-corrected chi connectivity index (χ2v) is 7.75. The molecule has 0 aliphatic heterocycles. The molecule has 1 aromatic heterocycles. The van der Waals surface area contributed by atoms with Crippen LogP contribution in [0.1, 0.15) is 41.1 Å². The Kier molecular flexibility index (Phi) is 7.14. The summed E-state index contributed by atoms with van der Waals surface area (Å²) in [5.41, 5.74) is 3.51. The van der Waals surface area contributed by atoms with Gasteiger partial charge in [0.05, 0.1) is 18.0 Å². The van der Waals surface area contributed by atoms with E-state index in [1.807, 2.05) is 73.8 Å². The highest BCUT2D eigenvalue weighted by atomic mass is 32.1. The maximum Gasteiger partial charge on any atom is 0.313 e. The van der Waals surface area contributed by atoms with Crippen molar-refractivity contribution in [3.8, 4) is 0 Å². The molecule has 0 fully saturated rings. The minimum atomic E-state index is -0.283. The van der Waals surface area contributed by atoms with Crippen LogP contribution in [0.3, 0.4) is 0 Å². The number of anilines is 1. The lowest BCUT2D eigenvalue weighted by Crippen LogP contribution is -2.16. The fraction of sp³-hybridized carbons (Fsp3) is 0.261. The van der Waals surface area contributed by atoms with Gasteiger partial charge in [0, 0.05) is 11.1 Å². The number of nitrogens with one attached hydrogen (secondary N) is 1. The van der Waals surface area contributed by atoms with Crippen LogP contribution < -0.4 is 5.32 Å². The lowest BCUT2D eigenvalue weighted by atomic mass is 9.97. The van der Waals surface area contributed by atoms with Crippen molar-refractivity contribution in [1.29, 1.82) is 0 Å². The molecular formula is C23H24N2O3S. The number of benzene rings is 2. The highest BCUT2D eigenvalue weighted by molar-refractivity contribution is 7.09. The van der Waals surface area contributed by atoms with Crippen LogP contribution in [0, 0.1) is 6.92 Å². The molecule has 1 atom stereocenters. The van der Waals surface area contributed by atoms with E-state index >= 15 is 0 Å². The van der Waals surface area contributed by atoms with E-state index in [1.165, 1.54) is 11.3 Å². The zero-order chi connectivity index (χ0) is 20.6. The average Bonchev–Trinajstić information content (AvgIpc) is 3.17. The van der Waals surface area contributed by atoms with E-state index < -0.39 is 0 Å². The summed E-state index contributed by atoms with van der Waals surface area (Å²) in [6, 6.07) is 17.3. The number of ether oxygens (including phenoxy) is 1. The first kappa shape index (κ1) is 20.7. The van der Waals surface area contributed by atoms with Gasteiger partial charge < -0.3 is 10.1 Å². The van der Waals surface area contributed by atoms with Crippen molar-refractivity contribution in [1.82, 2.24) is 4.98 Å². The number of esters is 1. The summed E-state index contributed by atoms with van der Waals surface area (Å²) in [5, 5.41) is 5.38. The molecule has 1 heterocycles. The van der Waals surface area contributed by atoms with Crippen LogP contribution in [0.25, 0.3) is 0 Å². The first-order valence-corrected chi connectivity index (χ1v) is 10.4. The van der Waals surface area contributed by atoms with Crippen molar-refractivity contribution < 1.29 is 14.3 Å². The number of aryl methyl sites for hydroxylation is 1. The SMILES string of the molecule is CC[C@H](C(=O)OCc1csc(CC(=O)Nc2ccc(C)cc2)n1)c1ccccc1. The Balaban J connectivity index is 1.51. The summed E-state index contributed by atoms with van der Waals surface area (Å²) in [6.45, 7) is 4.07. The van der Waals surface area contributed by atoms with Crippen LogP contribution >= 0.6 is 11.3 Å². The molecule has 1 amide bonds. The van der Waals surface area contributed by atoms with Crippen molar-refractivity contribution >= 4 is 28.9 Å². The summed E-state index contributed by atoms with van der Waals surface area (Å²) in [4.78, 5) is 29.1. The summed E-state index contributed by atoms with van der Waals surface area (Å²) < 4.78 is 5.47. The number of nitrogens with zero attached hydrogens (tertiary/aromatic N) is 1. The monoisotopic (exact) mass is 408 g/mol. The van der Waals surface area contributed by atoms with Gasteiger partial charge in [0.15, 0.2) is 0 Å². The van der Waals surface area contributed by atoms with Crippen LogP contribution in [0.4, 0.5) is 5.69 Å². The Morgan fingerprint density at radius 2 is 1.83 bits per heavy atom. The fourth-order valence-corrected chi connectivity index (χ4v) is 3.72. The van der Waals surface area contributed by atoms with Crippen molar-refractivity contribution in [2.45, 2.75) is 39.2 Å². The average molecular weight is 409 g/mol. The van der Waals surface area contributed by atoms with Crippen molar-refractivity contribution in [2.24, 2.45) is 0 Å². The van der Waals surface area contributed by atoms with Crippen molar-refractivity contribution in [3.63, 3.8) is 0 Å². The number of thiazole rings is 1. The molecule has 0 aliphatic rings. The molecule has 29 heavy (non-hydrogen) atoms. The molecule has 5 nitrogen and oxygen atoms in total. The maximum absolute atomic E-state index is 12.4. The predicted octanol–water partition coefficient (Wildman–Crippen LogP) is 4.87. The largest absolute Gasteiger partial charge is 0.459 e. The van der Waals surface area contributed by atoms with Gasteiger partial charge in [0.1, 0.15) is 11.6 Å². The Morgan fingerprint density at radius 1 is 1.10 bits per heavy atom. The van der Waals surface area contributed by atoms with Crippen LogP contribution in [-0.4, -0.2) is 16.9 Å². The van der Waals surface area contributed by atoms with Gasteiger partial charge in [0.2, 0.25) is 5.91 Å². The van der Waals surface area contributed by atoms with E-state index in [-0.39, 0.29) is 30.8 Å². The van der Waals surface area contributed by atoms with E-state index in [0.29, 0.717) is 17.1 Å². The number of carbonyl (C=O) groups is 2. The van der Waals surface area contributed by atoms with Gasteiger partial charge in [-0.15, -0.1) is 11.3 Å². The number of carbonyl (C=O) groups excluding carboxylic acids is 2. The molecule has 0 bridgehead atoms. The molecule has 0 unspecified atom stereocenters. The molecule has 0 radical (unpaired) electrons. The molecule has 6 heteroatoms. The molecule has 0 aliphatic carbocycles. The molecule has 0 saturated heterocycles. The zero-order valence-corrected chi connectivity index (χ0v) is 17.4. The number of aromatic nitrogens is 1. The third-order valence-electron chi connectivity index (χ3n) is 4.50. The molecule has 3 rings (SSSR count). The maximum atomic E-state index is 12.4. The number of amides is 1. The normalized spacial score (nSPS) is 11.7. The second kappa shape index (κ2) is 9.98. The van der Waals surface area contributed by atoms with Gasteiger partial charge in [0.25, 0.3) is 0 Å². The minimum Gasteiger partial charge on any atom is -0.459 e. The van der Waals surface area contributed by atoms with Crippen LogP contribution in [0.15, 0.2) is 60.0 Å². The van der Waals surface area contributed by atoms with E-state index in [0.717, 1.165) is 16.8 Å². The predicted molar refractivity (Wildman–Crippen MR) is 115 cm³/mol. The zero-order valence-electron chi connectivity index (χ0n) is 16.6. The van der Waals surface area contributed by atoms with E-state index in [4.69, 9.17) is 4.74 Å². The van der Waals surface area contributed by atoms with E-state index in [9.17, 15) is 9.59 Å². The molecule has 3 aromatic rings. The third kappa shape index (κ3) is 5.99. The topological polar surface area (TPSA) is 68.3 Å². The molecular weight excluding hydrogens is 384 g/mol. The Labute approximate surface area is 174 Å². The minimum absolute atomic E-state index is 0.109. The number of rotatable bonds is 8. The first-order chi connectivity index (χ1) is 14.0. The van der Waals surface area contributed by atoms with E-state index in [1.54, 1.807) is 0 Å². The summed E-state index contributed by atoms with van der Waals surface area (Å²) in [6.07, 6.45) is 0.860. The molecule has 2 aromatic carbocycles. The lowest BCUT2D eigenvalue weighted by Gasteiger charge is -2.13. The Bertz CT molecular complexity index is 952. The smallest absolute Gasteiger partial charge is 0.313 e. The Morgan fingerprint density at radius 3 is 2.52 bits per heavy atom. The molecule has 1 N–H and O–H groups in total. The summed E-state index contributed by atoms with van der Waals surface area (Å²) in [5.74, 6) is -0.665. The molecule has 0 saturated carbocycles. The van der Waals surface area contributed by atoms with Gasteiger partial charge in [-0.05, 0) is 31.0 Å². The van der Waals surface area contributed by atoms with Crippen LogP contribution in [0.5, 0.6) is 0 Å². The molecule has 0 spiro atoms. The number of hydrogen-bond donors (Lipinski definition) is 1. The summed E-state index contributed by atoms with van der Waals surface area (Å²) >= 11 is 1.39. The summed E-state index contributed by atoms with van der Waals surface area (Å²) in [7, 11) is 0. The standard InChI is InChI=1S/C23H24N2O3S/c1-3-20(17-7-5-4-6-8-17)23(27)28-14-19-15-29-22(25-19)13-21(26)24-18-11-9-16(2)10-12-18/h4-12,15,20H,3,13-14H2,1-2H3,(H,24,26)/t20-/m0/s1. The van der Waals surface area contributed by atoms with Gasteiger partial charge in [-0.2, -0.15) is 0 Å². The van der Waals surface area contributed by atoms with E-state index in [2.05, 4.69) is 10.3 Å². The highest BCUT2D eigenvalue weighted by Crippen LogP contribution is 2.22. The van der Waals surface area contributed by atoms with Crippen LogP contribution in [-0.2, 0) is 27.4 Å². The van der Waals surface area contributed by atoms with Gasteiger partial charge in [-0.3, -0.25) is 9.59 Å². The fourth-order valence-electron chi connectivity index (χ4n) is 2.95. The number of hydrogen-bond acceptors (Lipinski definition) is 5. The van der Waals surface area contributed by atoms with Gasteiger partial charge >= 0.3 is 5.97 Å². The first-order valence-electron chi connectivity index (χ1n) is 9.56. The third-order valence-corrected chi connectivity index (χ3v) is 5.40. The van der Waals surface area contributed by atoms with Crippen LogP contribution in [0.2, 0.25) is 0 Å².